The Bertz CT molecular complexity index is 1010. The first kappa shape index (κ1) is 21.9. The molecule has 3 aromatic rings. The third-order valence-corrected chi connectivity index (χ3v) is 4.55. The lowest BCUT2D eigenvalue weighted by Gasteiger charge is -2.12. The molecule has 0 fully saturated rings. The number of fused-ring (bicyclic) bond motifs is 1. The van der Waals surface area contributed by atoms with Crippen LogP contribution in [0.15, 0.2) is 18.2 Å². The fourth-order valence-electron chi connectivity index (χ4n) is 2.93. The summed E-state index contributed by atoms with van der Waals surface area (Å²) >= 11 is 6.00. The number of hydrogen-bond acceptors (Lipinski definition) is 6. The molecule has 0 bridgehead atoms. The molecule has 3 N–H and O–H groups in total. The third-order valence-electron chi connectivity index (χ3n) is 4.31. The zero-order valence-electron chi connectivity index (χ0n) is 15.8. The molecule has 2 aromatic heterocycles. The van der Waals surface area contributed by atoms with Gasteiger partial charge in [-0.15, -0.1) is 17.5 Å². The van der Waals surface area contributed by atoms with Crippen molar-refractivity contribution in [1.82, 2.24) is 19.6 Å². The maximum absolute atomic E-state index is 12.4. The number of aromatic nitrogens is 4. The van der Waals surface area contributed by atoms with Gasteiger partial charge >= 0.3 is 0 Å². The van der Waals surface area contributed by atoms with Gasteiger partial charge in [0, 0.05) is 22.8 Å². The number of rotatable bonds is 6. The first-order valence-electron chi connectivity index (χ1n) is 8.48. The van der Waals surface area contributed by atoms with Crippen molar-refractivity contribution in [2.24, 2.45) is 5.73 Å². The average Bonchev–Trinajstić information content (AvgIpc) is 3.05. The number of nitrogens with two attached hydrogens (primary N) is 1. The molecule has 3 rings (SSSR count). The normalized spacial score (nSPS) is 10.6. The molecule has 0 saturated heterocycles. The Balaban J connectivity index is 0.00000280. The van der Waals surface area contributed by atoms with Crippen LogP contribution in [0.2, 0.25) is 5.02 Å². The Hall–Kier alpha value is -2.42. The smallest absolute Gasteiger partial charge is 0.252 e. The van der Waals surface area contributed by atoms with Gasteiger partial charge in [-0.3, -0.25) is 4.79 Å². The molecule has 1 aromatic carbocycles. The predicted octanol–water partition coefficient (Wildman–Crippen LogP) is 2.85. The van der Waals surface area contributed by atoms with Crippen LogP contribution in [-0.4, -0.2) is 32.6 Å². The number of amides is 1. The van der Waals surface area contributed by atoms with E-state index in [0.29, 0.717) is 34.5 Å². The van der Waals surface area contributed by atoms with Crippen molar-refractivity contribution >= 4 is 41.4 Å². The minimum atomic E-state index is -0.143. The van der Waals surface area contributed by atoms with E-state index < -0.39 is 0 Å². The highest BCUT2D eigenvalue weighted by molar-refractivity contribution is 6.31. The highest BCUT2D eigenvalue weighted by Crippen LogP contribution is 2.28. The number of nitrogens with one attached hydrogen (secondary N) is 1. The number of nitrogens with zero attached hydrogens (tertiary/aromatic N) is 4. The molecule has 8 nitrogen and oxygen atoms in total. The lowest BCUT2D eigenvalue weighted by molar-refractivity contribution is -0.116. The van der Waals surface area contributed by atoms with Crippen LogP contribution in [0.4, 0.5) is 5.69 Å². The van der Waals surface area contributed by atoms with E-state index in [1.54, 1.807) is 29.8 Å². The Kier molecular flexibility index (Phi) is 7.17. The molecule has 10 heteroatoms. The molecule has 0 spiro atoms. The molecule has 0 aliphatic heterocycles. The van der Waals surface area contributed by atoms with Crippen LogP contribution in [0.1, 0.15) is 29.2 Å². The fraction of sp³-hybridized carbons (Fsp3) is 0.333. The molecule has 0 radical (unpaired) electrons. The van der Waals surface area contributed by atoms with Crippen LogP contribution >= 0.6 is 24.0 Å². The van der Waals surface area contributed by atoms with Gasteiger partial charge in [0.05, 0.1) is 19.3 Å². The van der Waals surface area contributed by atoms with Crippen molar-refractivity contribution in [2.45, 2.75) is 33.2 Å². The second kappa shape index (κ2) is 9.18. The molecule has 2 heterocycles. The largest absolute Gasteiger partial charge is 0.495 e. The molecule has 0 unspecified atom stereocenters. The SMILES string of the molecule is COc1ccc(Cl)cc1NC(=O)CCc1c(C)nc2nc(CN)nn2c1C.Cl. The van der Waals surface area contributed by atoms with Crippen molar-refractivity contribution in [3.63, 3.8) is 0 Å². The Morgan fingerprint density at radius 1 is 1.32 bits per heavy atom. The van der Waals surface area contributed by atoms with Crippen LogP contribution in [0.25, 0.3) is 5.78 Å². The third kappa shape index (κ3) is 4.52. The summed E-state index contributed by atoms with van der Waals surface area (Å²) in [5, 5.41) is 7.71. The lowest BCUT2D eigenvalue weighted by atomic mass is 10.1. The average molecular weight is 425 g/mol. The Morgan fingerprint density at radius 3 is 2.75 bits per heavy atom. The van der Waals surface area contributed by atoms with Crippen LogP contribution in [0, 0.1) is 13.8 Å². The molecular formula is C18H22Cl2N6O2. The van der Waals surface area contributed by atoms with E-state index in [1.807, 2.05) is 13.8 Å². The Labute approximate surface area is 173 Å². The molecule has 0 atom stereocenters. The zero-order valence-corrected chi connectivity index (χ0v) is 17.4. The molecular weight excluding hydrogens is 403 g/mol. The van der Waals surface area contributed by atoms with Crippen molar-refractivity contribution in [2.75, 3.05) is 12.4 Å². The van der Waals surface area contributed by atoms with Crippen LogP contribution in [0.3, 0.4) is 0 Å². The van der Waals surface area contributed by atoms with E-state index in [0.717, 1.165) is 17.0 Å². The minimum absolute atomic E-state index is 0. The van der Waals surface area contributed by atoms with Crippen LogP contribution in [0.5, 0.6) is 5.75 Å². The number of halogens is 2. The second-order valence-corrected chi connectivity index (χ2v) is 6.53. The van der Waals surface area contributed by atoms with E-state index in [2.05, 4.69) is 20.4 Å². The molecule has 150 valence electrons. The second-order valence-electron chi connectivity index (χ2n) is 6.10. The molecule has 1 amide bonds. The summed E-state index contributed by atoms with van der Waals surface area (Å²) in [6.07, 6.45) is 0.802. The number of anilines is 1. The summed E-state index contributed by atoms with van der Waals surface area (Å²) in [5.41, 5.74) is 8.84. The van der Waals surface area contributed by atoms with E-state index >= 15 is 0 Å². The summed E-state index contributed by atoms with van der Waals surface area (Å²) in [4.78, 5) is 21.2. The summed E-state index contributed by atoms with van der Waals surface area (Å²) in [7, 11) is 1.54. The number of hydrogen-bond donors (Lipinski definition) is 2. The molecule has 0 saturated carbocycles. The van der Waals surface area contributed by atoms with Crippen molar-refractivity contribution in [1.29, 1.82) is 0 Å². The summed E-state index contributed by atoms with van der Waals surface area (Å²) < 4.78 is 6.92. The summed E-state index contributed by atoms with van der Waals surface area (Å²) in [6, 6.07) is 5.08. The number of methoxy groups -OCH3 is 1. The Morgan fingerprint density at radius 2 is 2.07 bits per heavy atom. The number of carbonyl (C=O) groups excluding carboxylic acids is 1. The first-order valence-corrected chi connectivity index (χ1v) is 8.86. The predicted molar refractivity (Wildman–Crippen MR) is 110 cm³/mol. The highest BCUT2D eigenvalue weighted by atomic mass is 35.5. The van der Waals surface area contributed by atoms with Gasteiger partial charge in [0.15, 0.2) is 5.82 Å². The van der Waals surface area contributed by atoms with E-state index in [4.69, 9.17) is 22.1 Å². The highest BCUT2D eigenvalue weighted by Gasteiger charge is 2.15. The first-order chi connectivity index (χ1) is 12.9. The quantitative estimate of drug-likeness (QED) is 0.629. The number of benzene rings is 1. The lowest BCUT2D eigenvalue weighted by Crippen LogP contribution is -2.15. The number of ether oxygens (including phenoxy) is 1. The van der Waals surface area contributed by atoms with Gasteiger partial charge in [-0.1, -0.05) is 11.6 Å². The number of carbonyl (C=O) groups is 1. The molecule has 0 aliphatic rings. The van der Waals surface area contributed by atoms with Gasteiger partial charge in [-0.2, -0.15) is 4.98 Å². The van der Waals surface area contributed by atoms with Crippen LogP contribution in [-0.2, 0) is 17.8 Å². The van der Waals surface area contributed by atoms with E-state index in [1.165, 1.54) is 0 Å². The maximum Gasteiger partial charge on any atom is 0.252 e. The van der Waals surface area contributed by atoms with Gasteiger partial charge in [0.25, 0.3) is 5.78 Å². The number of aryl methyl sites for hydroxylation is 2. The minimum Gasteiger partial charge on any atom is -0.495 e. The van der Waals surface area contributed by atoms with Gasteiger partial charge in [-0.05, 0) is 44.0 Å². The van der Waals surface area contributed by atoms with E-state index in [9.17, 15) is 4.79 Å². The van der Waals surface area contributed by atoms with Gasteiger partial charge < -0.3 is 15.8 Å². The van der Waals surface area contributed by atoms with Gasteiger partial charge in [0.2, 0.25) is 5.91 Å². The van der Waals surface area contributed by atoms with Crippen molar-refractivity contribution < 1.29 is 9.53 Å². The fourth-order valence-corrected chi connectivity index (χ4v) is 3.10. The molecule has 28 heavy (non-hydrogen) atoms. The standard InChI is InChI=1S/C18H21ClN6O2.ClH/c1-10-13(11(2)25-18(21-10)23-16(9-20)24-25)5-7-17(26)22-14-8-12(19)4-6-15(14)27-3;/h4,6,8H,5,7,9,20H2,1-3H3,(H,22,26);1H. The summed E-state index contributed by atoms with van der Waals surface area (Å²) in [5.74, 6) is 1.46. The summed E-state index contributed by atoms with van der Waals surface area (Å²) in [6.45, 7) is 4.09. The van der Waals surface area contributed by atoms with Crippen molar-refractivity contribution in [3.8, 4) is 5.75 Å². The van der Waals surface area contributed by atoms with Gasteiger partial charge in [0.1, 0.15) is 5.75 Å². The van der Waals surface area contributed by atoms with Crippen LogP contribution < -0.4 is 15.8 Å². The molecule has 0 aliphatic carbocycles. The maximum atomic E-state index is 12.4. The monoisotopic (exact) mass is 424 g/mol. The van der Waals surface area contributed by atoms with E-state index in [-0.39, 0.29) is 31.3 Å². The topological polar surface area (TPSA) is 107 Å². The van der Waals surface area contributed by atoms with Gasteiger partial charge in [-0.25, -0.2) is 9.50 Å². The van der Waals surface area contributed by atoms with Crippen molar-refractivity contribution in [3.05, 3.63) is 46.0 Å². The zero-order chi connectivity index (χ0) is 19.6.